The second-order valence-electron chi connectivity index (χ2n) is 6.15. The molecule has 2 rings (SSSR count). The molecule has 0 saturated carbocycles. The van der Waals surface area contributed by atoms with Crippen LogP contribution < -0.4 is 5.32 Å². The summed E-state index contributed by atoms with van der Waals surface area (Å²) in [6.45, 7) is 7.18. The molecule has 120 valence electrons. The highest BCUT2D eigenvalue weighted by molar-refractivity contribution is 5.76. The molecule has 2 fully saturated rings. The van der Waals surface area contributed by atoms with Crippen molar-refractivity contribution >= 4 is 12.0 Å². The first-order chi connectivity index (χ1) is 10.0. The summed E-state index contributed by atoms with van der Waals surface area (Å²) in [5, 5.41) is 12.4. The third-order valence-corrected chi connectivity index (χ3v) is 4.81. The van der Waals surface area contributed by atoms with Crippen LogP contribution in [-0.4, -0.2) is 65.2 Å². The Balaban J connectivity index is 1.99. The lowest BCUT2D eigenvalue weighted by Crippen LogP contribution is -2.55. The molecule has 6 nitrogen and oxygen atoms in total. The summed E-state index contributed by atoms with van der Waals surface area (Å²) in [5.74, 6) is -1.04. The lowest BCUT2D eigenvalue weighted by molar-refractivity contribution is -0.143. The van der Waals surface area contributed by atoms with Crippen LogP contribution in [0.15, 0.2) is 0 Å². The molecular weight excluding hydrogens is 270 g/mol. The molecular formula is C15H27N3O3. The summed E-state index contributed by atoms with van der Waals surface area (Å²) < 4.78 is 0. The van der Waals surface area contributed by atoms with Crippen molar-refractivity contribution in [1.29, 1.82) is 0 Å². The van der Waals surface area contributed by atoms with E-state index in [9.17, 15) is 9.59 Å². The van der Waals surface area contributed by atoms with Gasteiger partial charge in [0.25, 0.3) is 0 Å². The SMILES string of the molecule is CCN(C(=O)N1CCC(C(=O)O)CC1C)C1CCNCC1. The molecule has 0 aromatic carbocycles. The van der Waals surface area contributed by atoms with Crippen LogP contribution in [0.2, 0.25) is 0 Å². The van der Waals surface area contributed by atoms with Crippen LogP contribution in [0.3, 0.4) is 0 Å². The Morgan fingerprint density at radius 1 is 1.29 bits per heavy atom. The Morgan fingerprint density at radius 3 is 2.48 bits per heavy atom. The maximum Gasteiger partial charge on any atom is 0.320 e. The first-order valence-corrected chi connectivity index (χ1v) is 8.05. The zero-order valence-electron chi connectivity index (χ0n) is 13.0. The molecule has 2 atom stereocenters. The average molecular weight is 297 g/mol. The van der Waals surface area contributed by atoms with Crippen LogP contribution in [0.1, 0.15) is 39.5 Å². The Morgan fingerprint density at radius 2 is 1.95 bits per heavy atom. The van der Waals surface area contributed by atoms with Crippen molar-refractivity contribution in [3.8, 4) is 0 Å². The van der Waals surface area contributed by atoms with E-state index >= 15 is 0 Å². The number of likely N-dealkylation sites (tertiary alicyclic amines) is 1. The smallest absolute Gasteiger partial charge is 0.320 e. The molecule has 0 aliphatic carbocycles. The zero-order valence-corrected chi connectivity index (χ0v) is 13.0. The van der Waals surface area contributed by atoms with Crippen LogP contribution in [0, 0.1) is 5.92 Å². The average Bonchev–Trinajstić information content (AvgIpc) is 2.48. The summed E-state index contributed by atoms with van der Waals surface area (Å²) in [6, 6.07) is 0.400. The molecule has 0 aromatic rings. The van der Waals surface area contributed by atoms with Crippen LogP contribution in [-0.2, 0) is 4.79 Å². The number of carbonyl (C=O) groups excluding carboxylic acids is 1. The first kappa shape index (κ1) is 16.1. The van der Waals surface area contributed by atoms with Gasteiger partial charge in [0, 0.05) is 25.2 Å². The van der Waals surface area contributed by atoms with E-state index in [0.29, 0.717) is 25.4 Å². The minimum atomic E-state index is -0.736. The Kier molecular flexibility index (Phi) is 5.45. The molecule has 2 saturated heterocycles. The van der Waals surface area contributed by atoms with Crippen molar-refractivity contribution in [3.63, 3.8) is 0 Å². The quantitative estimate of drug-likeness (QED) is 0.825. The Hall–Kier alpha value is -1.30. The van der Waals surface area contributed by atoms with Gasteiger partial charge < -0.3 is 20.2 Å². The van der Waals surface area contributed by atoms with Crippen molar-refractivity contribution in [2.75, 3.05) is 26.2 Å². The Labute approximate surface area is 126 Å². The number of aliphatic carboxylic acids is 1. The van der Waals surface area contributed by atoms with Gasteiger partial charge in [-0.3, -0.25) is 4.79 Å². The molecule has 2 aliphatic rings. The molecule has 2 amide bonds. The maximum atomic E-state index is 12.8. The molecule has 6 heteroatoms. The predicted octanol–water partition coefficient (Wildman–Crippen LogP) is 1.37. The maximum absolute atomic E-state index is 12.8. The molecule has 2 unspecified atom stereocenters. The number of amides is 2. The number of nitrogens with one attached hydrogen (secondary N) is 1. The monoisotopic (exact) mass is 297 g/mol. The van der Waals surface area contributed by atoms with E-state index in [-0.39, 0.29) is 18.0 Å². The van der Waals surface area contributed by atoms with Crippen LogP contribution in [0.5, 0.6) is 0 Å². The number of nitrogens with zero attached hydrogens (tertiary/aromatic N) is 2. The van der Waals surface area contributed by atoms with Crippen LogP contribution in [0.25, 0.3) is 0 Å². The number of hydrogen-bond acceptors (Lipinski definition) is 3. The molecule has 2 aliphatic heterocycles. The number of urea groups is 1. The highest BCUT2D eigenvalue weighted by atomic mass is 16.4. The second-order valence-corrected chi connectivity index (χ2v) is 6.15. The molecule has 0 aromatic heterocycles. The fourth-order valence-electron chi connectivity index (χ4n) is 3.51. The molecule has 0 spiro atoms. The van der Waals surface area contributed by atoms with Gasteiger partial charge in [-0.2, -0.15) is 0 Å². The van der Waals surface area contributed by atoms with Gasteiger partial charge in [0.2, 0.25) is 0 Å². The second kappa shape index (κ2) is 7.11. The highest BCUT2D eigenvalue weighted by Crippen LogP contribution is 2.25. The third kappa shape index (κ3) is 3.67. The molecule has 0 bridgehead atoms. The van der Waals surface area contributed by atoms with Crippen molar-refractivity contribution < 1.29 is 14.7 Å². The van der Waals surface area contributed by atoms with Gasteiger partial charge in [0.05, 0.1) is 5.92 Å². The van der Waals surface area contributed by atoms with Gasteiger partial charge in [0.15, 0.2) is 0 Å². The number of carboxylic acids is 1. The Bertz CT molecular complexity index is 382. The van der Waals surface area contributed by atoms with E-state index in [1.165, 1.54) is 0 Å². The topological polar surface area (TPSA) is 72.9 Å². The van der Waals surface area contributed by atoms with Crippen molar-refractivity contribution in [2.24, 2.45) is 5.92 Å². The minimum Gasteiger partial charge on any atom is -0.481 e. The number of piperidine rings is 2. The summed E-state index contributed by atoms with van der Waals surface area (Å²) in [5.41, 5.74) is 0. The van der Waals surface area contributed by atoms with Gasteiger partial charge in [-0.25, -0.2) is 4.79 Å². The first-order valence-electron chi connectivity index (χ1n) is 8.05. The van der Waals surface area contributed by atoms with E-state index < -0.39 is 5.97 Å². The van der Waals surface area contributed by atoms with Gasteiger partial charge >= 0.3 is 12.0 Å². The minimum absolute atomic E-state index is 0.00288. The van der Waals surface area contributed by atoms with E-state index in [4.69, 9.17) is 5.11 Å². The van der Waals surface area contributed by atoms with Crippen LogP contribution >= 0.6 is 0 Å². The number of rotatable bonds is 3. The molecule has 2 heterocycles. The van der Waals surface area contributed by atoms with Gasteiger partial charge in [-0.1, -0.05) is 0 Å². The van der Waals surface area contributed by atoms with E-state index in [2.05, 4.69) is 5.32 Å². The zero-order chi connectivity index (χ0) is 15.4. The largest absolute Gasteiger partial charge is 0.481 e. The lowest BCUT2D eigenvalue weighted by atomic mass is 9.92. The molecule has 21 heavy (non-hydrogen) atoms. The van der Waals surface area contributed by atoms with E-state index in [0.717, 1.165) is 32.5 Å². The summed E-state index contributed by atoms with van der Waals surface area (Å²) in [6.07, 6.45) is 3.12. The normalized spacial score (nSPS) is 27.4. The summed E-state index contributed by atoms with van der Waals surface area (Å²) >= 11 is 0. The molecule has 0 radical (unpaired) electrons. The van der Waals surface area contributed by atoms with Gasteiger partial charge in [-0.05, 0) is 52.6 Å². The van der Waals surface area contributed by atoms with Gasteiger partial charge in [-0.15, -0.1) is 0 Å². The van der Waals surface area contributed by atoms with Crippen molar-refractivity contribution in [3.05, 3.63) is 0 Å². The highest BCUT2D eigenvalue weighted by Gasteiger charge is 2.35. The van der Waals surface area contributed by atoms with Gasteiger partial charge in [0.1, 0.15) is 0 Å². The molecule has 2 N–H and O–H groups in total. The third-order valence-electron chi connectivity index (χ3n) is 4.81. The van der Waals surface area contributed by atoms with Crippen molar-refractivity contribution in [2.45, 2.75) is 51.6 Å². The fraction of sp³-hybridized carbons (Fsp3) is 0.867. The van der Waals surface area contributed by atoms with E-state index in [1.54, 1.807) is 0 Å². The predicted molar refractivity (Wildman–Crippen MR) is 80.2 cm³/mol. The summed E-state index contributed by atoms with van der Waals surface area (Å²) in [4.78, 5) is 27.7. The summed E-state index contributed by atoms with van der Waals surface area (Å²) in [7, 11) is 0. The fourth-order valence-corrected chi connectivity index (χ4v) is 3.51. The standard InChI is InChI=1S/C15H27N3O3/c1-3-17(13-4-7-16-8-5-13)15(21)18-9-6-12(14(19)20)10-11(18)2/h11-13,16H,3-10H2,1-2H3,(H,19,20). The lowest BCUT2D eigenvalue weighted by Gasteiger charge is -2.42. The van der Waals surface area contributed by atoms with Crippen LogP contribution in [0.4, 0.5) is 4.79 Å². The van der Waals surface area contributed by atoms with Crippen molar-refractivity contribution in [1.82, 2.24) is 15.1 Å². The number of carbonyl (C=O) groups is 2. The number of carboxylic acid groups (broad SMARTS) is 1. The number of hydrogen-bond donors (Lipinski definition) is 2. The van der Waals surface area contributed by atoms with E-state index in [1.807, 2.05) is 23.6 Å².